The molecule has 0 radical (unpaired) electrons. The first-order chi connectivity index (χ1) is 11.8. The van der Waals surface area contributed by atoms with Crippen LogP contribution in [0, 0.1) is 11.7 Å². The molecule has 0 aliphatic carbocycles. The Balaban J connectivity index is 1.76. The van der Waals surface area contributed by atoms with Crippen LogP contribution in [-0.4, -0.2) is 47.3 Å². The van der Waals surface area contributed by atoms with Gasteiger partial charge in [0.2, 0.25) is 5.91 Å². The summed E-state index contributed by atoms with van der Waals surface area (Å²) in [5.41, 5.74) is -1.41. The summed E-state index contributed by atoms with van der Waals surface area (Å²) in [6.07, 6.45) is 1.83. The molecule has 0 spiro atoms. The van der Waals surface area contributed by atoms with Crippen LogP contribution in [0.15, 0.2) is 24.3 Å². The van der Waals surface area contributed by atoms with E-state index in [1.165, 1.54) is 25.1 Å². The molecule has 1 unspecified atom stereocenters. The highest BCUT2D eigenvalue weighted by atomic mass is 19.1. The number of nitrogens with one attached hydrogen (secondary N) is 1. The highest BCUT2D eigenvalue weighted by Crippen LogP contribution is 2.30. The second kappa shape index (κ2) is 6.46. The summed E-state index contributed by atoms with van der Waals surface area (Å²) in [6, 6.07) is 5.15. The first-order valence-electron chi connectivity index (χ1n) is 8.50. The molecule has 0 aromatic heterocycles. The average Bonchev–Trinajstić information content (AvgIpc) is 2.80. The molecule has 0 saturated carbocycles. The number of nitrogens with zero attached hydrogens (tertiary/aromatic N) is 2. The topological polar surface area (TPSA) is 69.7 Å². The zero-order valence-electron chi connectivity index (χ0n) is 14.4. The average molecular weight is 347 g/mol. The highest BCUT2D eigenvalue weighted by molar-refractivity contribution is 6.09. The van der Waals surface area contributed by atoms with Crippen LogP contribution in [0.5, 0.6) is 0 Å². The third-order valence-corrected chi connectivity index (χ3v) is 5.12. The Morgan fingerprint density at radius 2 is 1.92 bits per heavy atom. The van der Waals surface area contributed by atoms with Crippen molar-refractivity contribution >= 4 is 17.8 Å². The van der Waals surface area contributed by atoms with Crippen LogP contribution in [0.4, 0.5) is 9.18 Å². The first-order valence-corrected chi connectivity index (χ1v) is 8.50. The molecular formula is C18H22FN3O3. The molecule has 3 rings (SSSR count). The number of amides is 4. The molecule has 1 atom stereocenters. The van der Waals surface area contributed by atoms with E-state index in [1.807, 2.05) is 0 Å². The van der Waals surface area contributed by atoms with Gasteiger partial charge in [-0.2, -0.15) is 0 Å². The van der Waals surface area contributed by atoms with Crippen molar-refractivity contribution in [2.75, 3.05) is 19.6 Å². The standard InChI is InChI=1S/C18H22FN3O3/c1-12-7-9-21(10-8-12)15(23)11-22-16(24)18(2,20-17(22)25)13-5-3-4-6-14(13)19/h3-6,12H,7-11H2,1-2H3,(H,20,25). The van der Waals surface area contributed by atoms with Crippen LogP contribution in [0.3, 0.4) is 0 Å². The number of hydrogen-bond acceptors (Lipinski definition) is 3. The molecule has 2 heterocycles. The van der Waals surface area contributed by atoms with Crippen LogP contribution < -0.4 is 5.32 Å². The summed E-state index contributed by atoms with van der Waals surface area (Å²) in [7, 11) is 0. The molecule has 7 heteroatoms. The SMILES string of the molecule is CC1CCN(C(=O)CN2C(=O)NC(C)(c3ccccc3F)C2=O)CC1. The zero-order chi connectivity index (χ0) is 18.2. The number of carbonyl (C=O) groups excluding carboxylic acids is 3. The fourth-order valence-corrected chi connectivity index (χ4v) is 3.38. The zero-order valence-corrected chi connectivity index (χ0v) is 14.4. The number of halogens is 1. The second-order valence-corrected chi connectivity index (χ2v) is 6.99. The minimum Gasteiger partial charge on any atom is -0.341 e. The highest BCUT2D eigenvalue weighted by Gasteiger charge is 2.50. The molecule has 0 bridgehead atoms. The van der Waals surface area contributed by atoms with E-state index in [-0.39, 0.29) is 18.0 Å². The molecule has 1 aromatic rings. The van der Waals surface area contributed by atoms with Gasteiger partial charge in [-0.15, -0.1) is 0 Å². The van der Waals surface area contributed by atoms with E-state index in [1.54, 1.807) is 11.0 Å². The van der Waals surface area contributed by atoms with Crippen LogP contribution in [0.1, 0.15) is 32.3 Å². The Labute approximate surface area is 146 Å². The first kappa shape index (κ1) is 17.4. The number of imide groups is 1. The Bertz CT molecular complexity index is 715. The van der Waals surface area contributed by atoms with E-state index >= 15 is 0 Å². The Kier molecular flexibility index (Phi) is 4.49. The van der Waals surface area contributed by atoms with Crippen molar-refractivity contribution in [3.05, 3.63) is 35.6 Å². The van der Waals surface area contributed by atoms with Crippen LogP contribution in [0.25, 0.3) is 0 Å². The Morgan fingerprint density at radius 1 is 1.28 bits per heavy atom. The molecular weight excluding hydrogens is 325 g/mol. The molecule has 6 nitrogen and oxygen atoms in total. The van der Waals surface area contributed by atoms with Gasteiger partial charge in [0.05, 0.1) is 0 Å². The molecule has 4 amide bonds. The van der Waals surface area contributed by atoms with Gasteiger partial charge in [-0.1, -0.05) is 25.1 Å². The van der Waals surface area contributed by atoms with Gasteiger partial charge in [0.15, 0.2) is 0 Å². The Morgan fingerprint density at radius 3 is 2.56 bits per heavy atom. The largest absolute Gasteiger partial charge is 0.341 e. The maximum atomic E-state index is 14.1. The molecule has 25 heavy (non-hydrogen) atoms. The van der Waals surface area contributed by atoms with Gasteiger partial charge in [0.1, 0.15) is 17.9 Å². The van der Waals surface area contributed by atoms with Crippen molar-refractivity contribution in [1.82, 2.24) is 15.1 Å². The third-order valence-electron chi connectivity index (χ3n) is 5.12. The van der Waals surface area contributed by atoms with E-state index in [4.69, 9.17) is 0 Å². The van der Waals surface area contributed by atoms with Crippen molar-refractivity contribution < 1.29 is 18.8 Å². The number of urea groups is 1. The van der Waals surface area contributed by atoms with E-state index in [0.717, 1.165) is 17.7 Å². The van der Waals surface area contributed by atoms with Crippen molar-refractivity contribution in [1.29, 1.82) is 0 Å². The van der Waals surface area contributed by atoms with Gasteiger partial charge in [-0.25, -0.2) is 9.18 Å². The normalized spacial score (nSPS) is 24.6. The number of rotatable bonds is 3. The smallest absolute Gasteiger partial charge is 0.325 e. The predicted octanol–water partition coefficient (Wildman–Crippen LogP) is 1.85. The number of piperidine rings is 1. The van der Waals surface area contributed by atoms with Crippen molar-refractivity contribution in [3.8, 4) is 0 Å². The summed E-state index contributed by atoms with van der Waals surface area (Å²) in [4.78, 5) is 40.0. The summed E-state index contributed by atoms with van der Waals surface area (Å²) in [5, 5.41) is 2.53. The van der Waals surface area contributed by atoms with Crippen LogP contribution in [0.2, 0.25) is 0 Å². The summed E-state index contributed by atoms with van der Waals surface area (Å²) in [5.74, 6) is -0.864. The molecule has 2 saturated heterocycles. The number of hydrogen-bond donors (Lipinski definition) is 1. The van der Waals surface area contributed by atoms with E-state index < -0.39 is 23.3 Å². The third kappa shape index (κ3) is 3.10. The number of likely N-dealkylation sites (tertiary alicyclic amines) is 1. The van der Waals surface area contributed by atoms with Gasteiger partial charge < -0.3 is 10.2 Å². The summed E-state index contributed by atoms with van der Waals surface area (Å²) < 4.78 is 14.1. The predicted molar refractivity (Wildman–Crippen MR) is 89.0 cm³/mol. The summed E-state index contributed by atoms with van der Waals surface area (Å²) >= 11 is 0. The summed E-state index contributed by atoms with van der Waals surface area (Å²) in [6.45, 7) is 4.54. The van der Waals surface area contributed by atoms with E-state index in [9.17, 15) is 18.8 Å². The molecule has 1 N–H and O–H groups in total. The lowest BCUT2D eigenvalue weighted by molar-refractivity contribution is -0.139. The van der Waals surface area contributed by atoms with Gasteiger partial charge in [0.25, 0.3) is 5.91 Å². The van der Waals surface area contributed by atoms with Crippen molar-refractivity contribution in [2.45, 2.75) is 32.2 Å². The second-order valence-electron chi connectivity index (χ2n) is 6.99. The molecule has 2 aliphatic heterocycles. The quantitative estimate of drug-likeness (QED) is 0.849. The lowest BCUT2D eigenvalue weighted by Crippen LogP contribution is -2.46. The van der Waals surface area contributed by atoms with Gasteiger partial charge >= 0.3 is 6.03 Å². The number of benzene rings is 1. The van der Waals surface area contributed by atoms with E-state index in [2.05, 4.69) is 12.2 Å². The minimum absolute atomic E-state index is 0.0927. The monoisotopic (exact) mass is 347 g/mol. The molecule has 1 aromatic carbocycles. The maximum Gasteiger partial charge on any atom is 0.325 e. The lowest BCUT2D eigenvalue weighted by atomic mass is 9.91. The van der Waals surface area contributed by atoms with Crippen LogP contribution in [-0.2, 0) is 15.1 Å². The maximum absolute atomic E-state index is 14.1. The van der Waals surface area contributed by atoms with Crippen molar-refractivity contribution in [2.24, 2.45) is 5.92 Å². The van der Waals surface area contributed by atoms with E-state index in [0.29, 0.717) is 19.0 Å². The van der Waals surface area contributed by atoms with Gasteiger partial charge in [-0.05, 0) is 31.7 Å². The number of carbonyl (C=O) groups is 3. The molecule has 2 fully saturated rings. The molecule has 2 aliphatic rings. The van der Waals surface area contributed by atoms with Crippen LogP contribution >= 0.6 is 0 Å². The Hall–Kier alpha value is -2.44. The van der Waals surface area contributed by atoms with Gasteiger partial charge in [0, 0.05) is 18.7 Å². The fraction of sp³-hybridized carbons (Fsp3) is 0.500. The molecule has 134 valence electrons. The minimum atomic E-state index is -1.50. The van der Waals surface area contributed by atoms with Crippen molar-refractivity contribution in [3.63, 3.8) is 0 Å². The lowest BCUT2D eigenvalue weighted by Gasteiger charge is -2.31. The fourth-order valence-electron chi connectivity index (χ4n) is 3.38. The van der Waals surface area contributed by atoms with Gasteiger partial charge in [-0.3, -0.25) is 14.5 Å².